The van der Waals surface area contributed by atoms with Gasteiger partial charge in [-0.3, -0.25) is 9.59 Å². The second-order valence-corrected chi connectivity index (χ2v) is 7.50. The Morgan fingerprint density at radius 3 is 2.46 bits per heavy atom. The molecule has 3 aromatic rings. The van der Waals surface area contributed by atoms with Crippen molar-refractivity contribution in [3.63, 3.8) is 0 Å². The number of likely N-dealkylation sites (tertiary alicyclic amines) is 1. The second-order valence-electron chi connectivity index (χ2n) is 7.06. The van der Waals surface area contributed by atoms with Crippen molar-refractivity contribution in [1.82, 2.24) is 9.47 Å². The van der Waals surface area contributed by atoms with Crippen molar-refractivity contribution in [2.75, 3.05) is 13.1 Å². The van der Waals surface area contributed by atoms with Gasteiger partial charge in [0.25, 0.3) is 5.91 Å². The number of amides is 1. The van der Waals surface area contributed by atoms with Gasteiger partial charge < -0.3 is 14.2 Å². The van der Waals surface area contributed by atoms with Crippen LogP contribution in [0, 0.1) is 0 Å². The van der Waals surface area contributed by atoms with Crippen LogP contribution in [0.2, 0.25) is 5.02 Å². The second kappa shape index (κ2) is 7.68. The summed E-state index contributed by atoms with van der Waals surface area (Å²) in [7, 11) is 1.85. The third-order valence-electron chi connectivity index (χ3n) is 5.17. The van der Waals surface area contributed by atoms with E-state index in [4.69, 9.17) is 16.3 Å². The first-order valence-corrected chi connectivity index (χ1v) is 9.70. The summed E-state index contributed by atoms with van der Waals surface area (Å²) in [6.45, 7) is 1.13. The molecule has 0 radical (unpaired) electrons. The Hall–Kier alpha value is -2.79. The largest absolute Gasteiger partial charge is 0.490 e. The first kappa shape index (κ1) is 18.6. The predicted molar refractivity (Wildman–Crippen MR) is 110 cm³/mol. The topological polar surface area (TPSA) is 51.5 Å². The highest BCUT2D eigenvalue weighted by molar-refractivity contribution is 6.30. The van der Waals surface area contributed by atoms with Crippen LogP contribution in [0.1, 0.15) is 23.2 Å². The number of ether oxygens (including phenoxy) is 1. The third kappa shape index (κ3) is 3.62. The number of pyridine rings is 1. The maximum atomic E-state index is 13.0. The molecule has 2 heterocycles. The summed E-state index contributed by atoms with van der Waals surface area (Å²) in [6, 6.07) is 14.6. The van der Waals surface area contributed by atoms with Gasteiger partial charge in [-0.1, -0.05) is 23.7 Å². The zero-order valence-corrected chi connectivity index (χ0v) is 16.4. The van der Waals surface area contributed by atoms with E-state index >= 15 is 0 Å². The first-order valence-electron chi connectivity index (χ1n) is 9.33. The van der Waals surface area contributed by atoms with Crippen LogP contribution in [0.25, 0.3) is 10.9 Å². The lowest BCUT2D eigenvalue weighted by atomic mass is 10.1. The van der Waals surface area contributed by atoms with E-state index in [1.54, 1.807) is 29.3 Å². The number of aromatic nitrogens is 1. The summed E-state index contributed by atoms with van der Waals surface area (Å²) < 4.78 is 7.82. The molecule has 0 saturated carbocycles. The van der Waals surface area contributed by atoms with Crippen LogP contribution in [0.5, 0.6) is 5.75 Å². The van der Waals surface area contributed by atoms with Crippen LogP contribution in [0.15, 0.2) is 59.5 Å². The molecule has 1 aliphatic heterocycles. The van der Waals surface area contributed by atoms with Gasteiger partial charge in [-0.15, -0.1) is 0 Å². The Bertz CT molecular complexity index is 1070. The van der Waals surface area contributed by atoms with Crippen molar-refractivity contribution < 1.29 is 9.53 Å². The normalized spacial score (nSPS) is 15.0. The van der Waals surface area contributed by atoms with Crippen molar-refractivity contribution in [3.8, 4) is 5.75 Å². The van der Waals surface area contributed by atoms with Crippen LogP contribution < -0.4 is 10.2 Å². The number of halogens is 1. The minimum atomic E-state index is -0.212. The Labute approximate surface area is 168 Å². The number of fused-ring (bicyclic) bond motifs is 1. The fraction of sp³-hybridized carbons (Fsp3) is 0.273. The average Bonchev–Trinajstić information content (AvgIpc) is 2.72. The molecule has 1 amide bonds. The lowest BCUT2D eigenvalue weighted by molar-refractivity contribution is 0.0594. The maximum absolute atomic E-state index is 13.0. The molecule has 5 nitrogen and oxygen atoms in total. The molecular formula is C22H21ClN2O3. The smallest absolute Gasteiger partial charge is 0.259 e. The number of aryl methyl sites for hydroxylation is 1. The van der Waals surface area contributed by atoms with E-state index in [9.17, 15) is 9.59 Å². The van der Waals surface area contributed by atoms with Gasteiger partial charge in [0.15, 0.2) is 0 Å². The Balaban J connectivity index is 1.47. The number of piperidine rings is 1. The summed E-state index contributed by atoms with van der Waals surface area (Å²) in [5, 5.41) is 1.24. The molecule has 2 aromatic carbocycles. The zero-order valence-electron chi connectivity index (χ0n) is 15.6. The molecule has 6 heteroatoms. The predicted octanol–water partition coefficient (Wildman–Crippen LogP) is 3.88. The summed E-state index contributed by atoms with van der Waals surface area (Å²) >= 11 is 5.90. The molecule has 1 aliphatic rings. The van der Waals surface area contributed by atoms with Gasteiger partial charge in [-0.25, -0.2) is 0 Å². The van der Waals surface area contributed by atoms with E-state index in [0.717, 1.165) is 24.1 Å². The molecule has 0 spiro atoms. The minimum absolute atomic E-state index is 0.0460. The molecule has 144 valence electrons. The van der Waals surface area contributed by atoms with Crippen molar-refractivity contribution >= 4 is 28.4 Å². The molecular weight excluding hydrogens is 376 g/mol. The summed E-state index contributed by atoms with van der Waals surface area (Å²) in [6.07, 6.45) is 3.14. The number of hydrogen-bond acceptors (Lipinski definition) is 3. The molecule has 0 atom stereocenters. The van der Waals surface area contributed by atoms with Gasteiger partial charge >= 0.3 is 0 Å². The van der Waals surface area contributed by atoms with Crippen molar-refractivity contribution in [1.29, 1.82) is 0 Å². The Morgan fingerprint density at radius 1 is 1.07 bits per heavy atom. The van der Waals surface area contributed by atoms with E-state index in [2.05, 4.69) is 0 Å². The molecule has 4 rings (SSSR count). The SMILES string of the molecule is Cn1cc(C(=O)N2CCC(Oc3ccc(Cl)cc3)CC2)c(=O)c2ccccc21. The number of carbonyl (C=O) groups excluding carboxylic acids is 1. The Morgan fingerprint density at radius 2 is 1.75 bits per heavy atom. The quantitative estimate of drug-likeness (QED) is 0.675. The number of rotatable bonds is 3. The molecule has 1 fully saturated rings. The maximum Gasteiger partial charge on any atom is 0.259 e. The molecule has 0 unspecified atom stereocenters. The lowest BCUT2D eigenvalue weighted by Gasteiger charge is -2.32. The van der Waals surface area contributed by atoms with E-state index in [0.29, 0.717) is 23.5 Å². The average molecular weight is 397 g/mol. The number of nitrogens with zero attached hydrogens (tertiary/aromatic N) is 2. The third-order valence-corrected chi connectivity index (χ3v) is 5.42. The van der Waals surface area contributed by atoms with Gasteiger partial charge in [0.1, 0.15) is 17.4 Å². The van der Waals surface area contributed by atoms with Crippen LogP contribution in [-0.4, -0.2) is 34.6 Å². The highest BCUT2D eigenvalue weighted by Crippen LogP contribution is 2.22. The van der Waals surface area contributed by atoms with E-state index in [1.807, 2.05) is 41.9 Å². The highest BCUT2D eigenvalue weighted by Gasteiger charge is 2.26. The summed E-state index contributed by atoms with van der Waals surface area (Å²) in [5.74, 6) is 0.564. The van der Waals surface area contributed by atoms with Crippen molar-refractivity contribution in [3.05, 3.63) is 75.5 Å². The molecule has 0 N–H and O–H groups in total. The molecule has 0 bridgehead atoms. The highest BCUT2D eigenvalue weighted by atomic mass is 35.5. The van der Waals surface area contributed by atoms with Crippen LogP contribution in [0.3, 0.4) is 0 Å². The monoisotopic (exact) mass is 396 g/mol. The summed E-state index contributed by atoms with van der Waals surface area (Å²) in [5.41, 5.74) is 0.829. The number of hydrogen-bond donors (Lipinski definition) is 0. The number of para-hydroxylation sites is 1. The van der Waals surface area contributed by atoms with Crippen LogP contribution in [-0.2, 0) is 7.05 Å². The lowest BCUT2D eigenvalue weighted by Crippen LogP contribution is -2.43. The van der Waals surface area contributed by atoms with E-state index < -0.39 is 0 Å². The standard InChI is InChI=1S/C22H21ClN2O3/c1-24-14-19(21(26)18-4-2-3-5-20(18)24)22(27)25-12-10-17(11-13-25)28-16-8-6-15(23)7-9-16/h2-9,14,17H,10-13H2,1H3. The fourth-order valence-electron chi connectivity index (χ4n) is 3.65. The molecule has 28 heavy (non-hydrogen) atoms. The van der Waals surface area contributed by atoms with Gasteiger partial charge in [0.05, 0.1) is 5.52 Å². The molecule has 1 aromatic heterocycles. The van der Waals surface area contributed by atoms with Gasteiger partial charge in [0, 0.05) is 49.6 Å². The molecule has 1 saturated heterocycles. The molecule has 0 aliphatic carbocycles. The first-order chi connectivity index (χ1) is 13.5. The van der Waals surface area contributed by atoms with E-state index in [1.165, 1.54) is 0 Å². The number of benzene rings is 2. The van der Waals surface area contributed by atoms with Crippen LogP contribution >= 0.6 is 11.6 Å². The zero-order chi connectivity index (χ0) is 19.7. The van der Waals surface area contributed by atoms with Gasteiger partial charge in [0.2, 0.25) is 5.43 Å². The van der Waals surface area contributed by atoms with Crippen molar-refractivity contribution in [2.45, 2.75) is 18.9 Å². The fourth-order valence-corrected chi connectivity index (χ4v) is 3.77. The minimum Gasteiger partial charge on any atom is -0.490 e. The van der Waals surface area contributed by atoms with Crippen LogP contribution in [0.4, 0.5) is 0 Å². The Kier molecular flexibility index (Phi) is 5.09. The van der Waals surface area contributed by atoms with E-state index in [-0.39, 0.29) is 23.0 Å². The van der Waals surface area contributed by atoms with Crippen molar-refractivity contribution in [2.24, 2.45) is 7.05 Å². The summed E-state index contributed by atoms with van der Waals surface area (Å²) in [4.78, 5) is 27.5. The number of carbonyl (C=O) groups is 1. The van der Waals surface area contributed by atoms with Gasteiger partial charge in [-0.05, 0) is 36.4 Å². The van der Waals surface area contributed by atoms with Gasteiger partial charge in [-0.2, -0.15) is 0 Å².